The summed E-state index contributed by atoms with van der Waals surface area (Å²) < 4.78 is 1.78. The highest BCUT2D eigenvalue weighted by atomic mass is 79.9. The van der Waals surface area contributed by atoms with E-state index >= 15 is 0 Å². The standard InChI is InChI=1S/C14H15BrN4/c1-18(9-12-8-17-19(2)10-12)14-4-3-11(6-15)5-13(14)7-16/h3-5,8,10H,6,9H2,1-2H3. The van der Waals surface area contributed by atoms with Crippen LogP contribution in [0.5, 0.6) is 0 Å². The van der Waals surface area contributed by atoms with Crippen molar-refractivity contribution in [2.45, 2.75) is 11.9 Å². The molecule has 0 fully saturated rings. The molecule has 0 bridgehead atoms. The number of alkyl halides is 1. The Labute approximate surface area is 121 Å². The van der Waals surface area contributed by atoms with Gasteiger partial charge in [-0.15, -0.1) is 0 Å². The predicted molar refractivity (Wildman–Crippen MR) is 79.1 cm³/mol. The molecule has 0 N–H and O–H groups in total. The number of aryl methyl sites for hydroxylation is 1. The summed E-state index contributed by atoms with van der Waals surface area (Å²) in [4.78, 5) is 2.06. The van der Waals surface area contributed by atoms with E-state index in [4.69, 9.17) is 0 Å². The Bertz CT molecular complexity index is 612. The van der Waals surface area contributed by atoms with E-state index in [1.54, 1.807) is 4.68 Å². The van der Waals surface area contributed by atoms with E-state index < -0.39 is 0 Å². The molecule has 0 aliphatic carbocycles. The van der Waals surface area contributed by atoms with Crippen LogP contribution < -0.4 is 4.90 Å². The first-order valence-electron chi connectivity index (χ1n) is 5.91. The van der Waals surface area contributed by atoms with Gasteiger partial charge in [-0.1, -0.05) is 22.0 Å². The van der Waals surface area contributed by atoms with Crippen LogP contribution in [0.2, 0.25) is 0 Å². The van der Waals surface area contributed by atoms with Crippen LogP contribution in [-0.4, -0.2) is 16.8 Å². The molecule has 0 saturated heterocycles. The third-order valence-corrected chi connectivity index (χ3v) is 3.57. The maximum atomic E-state index is 9.25. The Kier molecular flexibility index (Phi) is 4.23. The van der Waals surface area contributed by atoms with E-state index in [0.29, 0.717) is 5.56 Å². The zero-order valence-electron chi connectivity index (χ0n) is 11.0. The monoisotopic (exact) mass is 318 g/mol. The fraction of sp³-hybridized carbons (Fsp3) is 0.286. The fourth-order valence-corrected chi connectivity index (χ4v) is 2.35. The molecule has 19 heavy (non-hydrogen) atoms. The molecule has 0 radical (unpaired) electrons. The van der Waals surface area contributed by atoms with Gasteiger partial charge in [0.15, 0.2) is 0 Å². The number of halogens is 1. The summed E-state index contributed by atoms with van der Waals surface area (Å²) in [5.41, 5.74) is 3.87. The Balaban J connectivity index is 2.23. The number of nitriles is 1. The zero-order chi connectivity index (χ0) is 13.8. The lowest BCUT2D eigenvalue weighted by Crippen LogP contribution is -2.17. The molecule has 0 unspecified atom stereocenters. The average Bonchev–Trinajstić information content (AvgIpc) is 2.83. The van der Waals surface area contributed by atoms with Crippen LogP contribution in [0.1, 0.15) is 16.7 Å². The lowest BCUT2D eigenvalue weighted by Gasteiger charge is -2.20. The Morgan fingerprint density at radius 3 is 2.79 bits per heavy atom. The first kappa shape index (κ1) is 13.6. The van der Waals surface area contributed by atoms with Gasteiger partial charge in [0.2, 0.25) is 0 Å². The highest BCUT2D eigenvalue weighted by Gasteiger charge is 2.09. The van der Waals surface area contributed by atoms with Gasteiger partial charge in [-0.25, -0.2) is 0 Å². The molecule has 0 atom stereocenters. The largest absolute Gasteiger partial charge is 0.369 e. The van der Waals surface area contributed by atoms with Crippen molar-refractivity contribution in [2.24, 2.45) is 7.05 Å². The van der Waals surface area contributed by atoms with Crippen LogP contribution in [0, 0.1) is 11.3 Å². The minimum Gasteiger partial charge on any atom is -0.369 e. The van der Waals surface area contributed by atoms with Crippen molar-refractivity contribution in [3.8, 4) is 6.07 Å². The van der Waals surface area contributed by atoms with Gasteiger partial charge in [0, 0.05) is 37.7 Å². The Morgan fingerprint density at radius 2 is 2.21 bits per heavy atom. The molecule has 1 heterocycles. The van der Waals surface area contributed by atoms with Crippen LogP contribution in [0.4, 0.5) is 5.69 Å². The second kappa shape index (κ2) is 5.89. The maximum absolute atomic E-state index is 9.25. The Hall–Kier alpha value is -1.80. The van der Waals surface area contributed by atoms with Crippen molar-refractivity contribution >= 4 is 21.6 Å². The summed E-state index contributed by atoms with van der Waals surface area (Å²) in [6, 6.07) is 8.20. The number of hydrogen-bond acceptors (Lipinski definition) is 3. The van der Waals surface area contributed by atoms with Gasteiger partial charge in [-0.2, -0.15) is 10.4 Å². The van der Waals surface area contributed by atoms with Gasteiger partial charge >= 0.3 is 0 Å². The van der Waals surface area contributed by atoms with E-state index in [1.807, 2.05) is 44.7 Å². The third kappa shape index (κ3) is 3.15. The molecule has 0 aliphatic rings. The van der Waals surface area contributed by atoms with E-state index in [9.17, 15) is 5.26 Å². The molecule has 98 valence electrons. The number of benzene rings is 1. The highest BCUT2D eigenvalue weighted by molar-refractivity contribution is 9.08. The minimum absolute atomic E-state index is 0.698. The highest BCUT2D eigenvalue weighted by Crippen LogP contribution is 2.23. The van der Waals surface area contributed by atoms with E-state index in [0.717, 1.165) is 28.7 Å². The fourth-order valence-electron chi connectivity index (χ4n) is 2.00. The third-order valence-electron chi connectivity index (χ3n) is 2.93. The van der Waals surface area contributed by atoms with Gasteiger partial charge in [0.05, 0.1) is 17.4 Å². The summed E-state index contributed by atoms with van der Waals surface area (Å²) in [5.74, 6) is 0. The van der Waals surface area contributed by atoms with E-state index in [2.05, 4.69) is 32.0 Å². The number of hydrogen-bond donors (Lipinski definition) is 0. The van der Waals surface area contributed by atoms with Crippen LogP contribution in [0.3, 0.4) is 0 Å². The molecule has 5 heteroatoms. The first-order valence-corrected chi connectivity index (χ1v) is 7.04. The van der Waals surface area contributed by atoms with Gasteiger partial charge in [-0.05, 0) is 17.7 Å². The van der Waals surface area contributed by atoms with Crippen molar-refractivity contribution < 1.29 is 0 Å². The molecule has 0 saturated carbocycles. The summed E-state index contributed by atoms with van der Waals surface area (Å²) >= 11 is 3.40. The van der Waals surface area contributed by atoms with Gasteiger partial charge in [-0.3, -0.25) is 4.68 Å². The van der Waals surface area contributed by atoms with Crippen LogP contribution in [0.25, 0.3) is 0 Å². The molecule has 0 spiro atoms. The smallest absolute Gasteiger partial charge is 0.101 e. The quantitative estimate of drug-likeness (QED) is 0.814. The predicted octanol–water partition coefficient (Wildman–Crippen LogP) is 2.82. The molecule has 2 aromatic rings. The molecule has 1 aromatic carbocycles. The molecule has 2 rings (SSSR count). The lowest BCUT2D eigenvalue weighted by molar-refractivity contribution is 0.766. The summed E-state index contributed by atoms with van der Waals surface area (Å²) in [6.45, 7) is 0.732. The Morgan fingerprint density at radius 1 is 1.42 bits per heavy atom. The van der Waals surface area contributed by atoms with Gasteiger partial charge in [0.1, 0.15) is 6.07 Å². The second-order valence-corrected chi connectivity index (χ2v) is 5.04. The number of rotatable bonds is 4. The number of aromatic nitrogens is 2. The summed E-state index contributed by atoms with van der Waals surface area (Å²) in [5, 5.41) is 14.2. The van der Waals surface area contributed by atoms with E-state index in [1.165, 1.54) is 0 Å². The first-order chi connectivity index (χ1) is 9.13. The van der Waals surface area contributed by atoms with Crippen molar-refractivity contribution in [2.75, 3.05) is 11.9 Å². The molecule has 4 nitrogen and oxygen atoms in total. The lowest BCUT2D eigenvalue weighted by atomic mass is 10.1. The summed E-state index contributed by atoms with van der Waals surface area (Å²) in [7, 11) is 3.88. The van der Waals surface area contributed by atoms with Crippen LogP contribution >= 0.6 is 15.9 Å². The second-order valence-electron chi connectivity index (χ2n) is 4.48. The minimum atomic E-state index is 0.698. The van der Waals surface area contributed by atoms with Crippen molar-refractivity contribution in [3.63, 3.8) is 0 Å². The van der Waals surface area contributed by atoms with Crippen molar-refractivity contribution in [1.29, 1.82) is 5.26 Å². The molecular weight excluding hydrogens is 304 g/mol. The van der Waals surface area contributed by atoms with Crippen molar-refractivity contribution in [3.05, 3.63) is 47.3 Å². The summed E-state index contributed by atoms with van der Waals surface area (Å²) in [6.07, 6.45) is 3.82. The van der Waals surface area contributed by atoms with E-state index in [-0.39, 0.29) is 0 Å². The zero-order valence-corrected chi connectivity index (χ0v) is 12.6. The molecule has 0 amide bonds. The normalized spacial score (nSPS) is 10.2. The van der Waals surface area contributed by atoms with Crippen molar-refractivity contribution in [1.82, 2.24) is 9.78 Å². The SMILES string of the molecule is CN(Cc1cnn(C)c1)c1ccc(CBr)cc1C#N. The molecule has 0 aliphatic heterocycles. The molecular formula is C14H15BrN4. The molecule has 1 aromatic heterocycles. The van der Waals surface area contributed by atoms with Crippen LogP contribution in [0.15, 0.2) is 30.6 Å². The number of nitrogens with zero attached hydrogens (tertiary/aromatic N) is 4. The van der Waals surface area contributed by atoms with Gasteiger partial charge in [0.25, 0.3) is 0 Å². The maximum Gasteiger partial charge on any atom is 0.101 e. The van der Waals surface area contributed by atoms with Crippen LogP contribution in [-0.2, 0) is 18.9 Å². The van der Waals surface area contributed by atoms with Gasteiger partial charge < -0.3 is 4.90 Å². The number of anilines is 1. The average molecular weight is 319 g/mol. The topological polar surface area (TPSA) is 44.9 Å².